The highest BCUT2D eigenvalue weighted by molar-refractivity contribution is 7.89. The number of carbonyl (C=O) groups is 1. The Hall–Kier alpha value is -2.03. The molecular formula is C18H17ClF2N2O3S. The molecule has 1 fully saturated rings. The zero-order valence-electron chi connectivity index (χ0n) is 14.2. The Morgan fingerprint density at radius 1 is 1.07 bits per heavy atom. The molecule has 0 spiro atoms. The summed E-state index contributed by atoms with van der Waals surface area (Å²) in [5.74, 6) is -1.67. The minimum absolute atomic E-state index is 0.0805. The van der Waals surface area contributed by atoms with E-state index in [0.717, 1.165) is 12.1 Å². The van der Waals surface area contributed by atoms with Gasteiger partial charge in [0, 0.05) is 24.7 Å². The van der Waals surface area contributed by atoms with Crippen LogP contribution in [0, 0.1) is 17.6 Å². The molecule has 2 aromatic carbocycles. The lowest BCUT2D eigenvalue weighted by Crippen LogP contribution is -2.41. The van der Waals surface area contributed by atoms with Crippen LogP contribution in [0.2, 0.25) is 5.02 Å². The standard InChI is InChI=1S/C18H17ClF2N2O3S/c19-16-11-15(5-6-17(16)21)27(25,26)23-9-7-12(8-10-23)18(24)22-14-3-1-13(20)2-4-14/h1-6,11-12H,7-10H2,(H,22,24). The summed E-state index contributed by atoms with van der Waals surface area (Å²) in [5, 5.41) is 2.45. The lowest BCUT2D eigenvalue weighted by molar-refractivity contribution is -0.120. The predicted octanol–water partition coefficient (Wildman–Crippen LogP) is 3.66. The number of anilines is 1. The second-order valence-electron chi connectivity index (χ2n) is 6.25. The maximum Gasteiger partial charge on any atom is 0.243 e. The van der Waals surface area contributed by atoms with E-state index in [-0.39, 0.29) is 34.8 Å². The van der Waals surface area contributed by atoms with Gasteiger partial charge in [-0.05, 0) is 55.3 Å². The Kier molecular flexibility index (Phi) is 5.78. The van der Waals surface area contributed by atoms with E-state index in [1.807, 2.05) is 0 Å². The Balaban J connectivity index is 1.63. The number of benzene rings is 2. The van der Waals surface area contributed by atoms with Crippen molar-refractivity contribution < 1.29 is 22.0 Å². The van der Waals surface area contributed by atoms with Crippen molar-refractivity contribution in [2.75, 3.05) is 18.4 Å². The number of hydrogen-bond acceptors (Lipinski definition) is 3. The molecule has 1 N–H and O–H groups in total. The summed E-state index contributed by atoms with van der Waals surface area (Å²) in [6.45, 7) is 0.331. The molecule has 0 bridgehead atoms. The fourth-order valence-corrected chi connectivity index (χ4v) is 4.66. The van der Waals surface area contributed by atoms with Crippen LogP contribution in [0.5, 0.6) is 0 Å². The molecule has 0 radical (unpaired) electrons. The molecule has 1 saturated heterocycles. The zero-order valence-corrected chi connectivity index (χ0v) is 15.7. The first-order chi connectivity index (χ1) is 12.8. The van der Waals surface area contributed by atoms with Crippen molar-refractivity contribution in [2.24, 2.45) is 5.92 Å². The lowest BCUT2D eigenvalue weighted by atomic mass is 9.97. The summed E-state index contributed by atoms with van der Waals surface area (Å²) < 4.78 is 52.8. The van der Waals surface area contributed by atoms with Crippen LogP contribution in [0.4, 0.5) is 14.5 Å². The van der Waals surface area contributed by atoms with Crippen LogP contribution in [0.25, 0.3) is 0 Å². The highest BCUT2D eigenvalue weighted by atomic mass is 35.5. The van der Waals surface area contributed by atoms with E-state index in [9.17, 15) is 22.0 Å². The number of hydrogen-bond donors (Lipinski definition) is 1. The summed E-state index contributed by atoms with van der Waals surface area (Å²) in [7, 11) is -3.81. The molecule has 0 atom stereocenters. The molecule has 5 nitrogen and oxygen atoms in total. The molecular weight excluding hydrogens is 398 g/mol. The zero-order chi connectivity index (χ0) is 19.6. The van der Waals surface area contributed by atoms with Crippen molar-refractivity contribution in [3.8, 4) is 0 Å². The van der Waals surface area contributed by atoms with Gasteiger partial charge in [-0.15, -0.1) is 0 Å². The van der Waals surface area contributed by atoms with E-state index >= 15 is 0 Å². The molecule has 144 valence electrons. The number of rotatable bonds is 4. The van der Waals surface area contributed by atoms with Crippen LogP contribution in [0.3, 0.4) is 0 Å². The molecule has 1 aliphatic rings. The highest BCUT2D eigenvalue weighted by Gasteiger charge is 2.32. The second kappa shape index (κ2) is 7.92. The van der Waals surface area contributed by atoms with Crippen molar-refractivity contribution in [2.45, 2.75) is 17.7 Å². The highest BCUT2D eigenvalue weighted by Crippen LogP contribution is 2.27. The first kappa shape index (κ1) is 19.7. The number of nitrogens with one attached hydrogen (secondary N) is 1. The molecule has 0 aliphatic carbocycles. The van der Waals surface area contributed by atoms with Gasteiger partial charge in [-0.3, -0.25) is 4.79 Å². The van der Waals surface area contributed by atoms with Crippen LogP contribution in [0.15, 0.2) is 47.4 Å². The molecule has 3 rings (SSSR count). The van der Waals surface area contributed by atoms with Gasteiger partial charge < -0.3 is 5.32 Å². The fourth-order valence-electron chi connectivity index (χ4n) is 2.92. The minimum atomic E-state index is -3.81. The number of halogens is 3. The van der Waals surface area contributed by atoms with Crippen molar-refractivity contribution in [3.05, 3.63) is 59.1 Å². The van der Waals surface area contributed by atoms with Gasteiger partial charge in [-0.2, -0.15) is 4.31 Å². The average molecular weight is 415 g/mol. The molecule has 1 heterocycles. The predicted molar refractivity (Wildman–Crippen MR) is 97.9 cm³/mol. The first-order valence-electron chi connectivity index (χ1n) is 8.29. The SMILES string of the molecule is O=C(Nc1ccc(F)cc1)C1CCN(S(=O)(=O)c2ccc(F)c(Cl)c2)CC1. The van der Waals surface area contributed by atoms with Gasteiger partial charge >= 0.3 is 0 Å². The summed E-state index contributed by atoms with van der Waals surface area (Å²) in [6, 6.07) is 8.69. The summed E-state index contributed by atoms with van der Waals surface area (Å²) in [5.41, 5.74) is 0.484. The van der Waals surface area contributed by atoms with E-state index in [4.69, 9.17) is 11.6 Å². The lowest BCUT2D eigenvalue weighted by Gasteiger charge is -2.30. The quantitative estimate of drug-likeness (QED) is 0.830. The maximum absolute atomic E-state index is 13.3. The molecule has 9 heteroatoms. The van der Waals surface area contributed by atoms with Crippen molar-refractivity contribution >= 4 is 33.2 Å². The van der Waals surface area contributed by atoms with E-state index in [0.29, 0.717) is 18.5 Å². The molecule has 1 amide bonds. The number of sulfonamides is 1. The van der Waals surface area contributed by atoms with Crippen LogP contribution in [0.1, 0.15) is 12.8 Å². The third-order valence-electron chi connectivity index (χ3n) is 4.47. The van der Waals surface area contributed by atoms with Gasteiger partial charge in [0.15, 0.2) is 0 Å². The summed E-state index contributed by atoms with van der Waals surface area (Å²) >= 11 is 5.68. The smallest absolute Gasteiger partial charge is 0.243 e. The number of piperidine rings is 1. The second-order valence-corrected chi connectivity index (χ2v) is 8.60. The third-order valence-corrected chi connectivity index (χ3v) is 6.65. The van der Waals surface area contributed by atoms with Crippen molar-refractivity contribution in [1.29, 1.82) is 0 Å². The van der Waals surface area contributed by atoms with Gasteiger partial charge in [-0.1, -0.05) is 11.6 Å². The Bertz CT molecular complexity index is 944. The van der Waals surface area contributed by atoms with Crippen LogP contribution in [-0.2, 0) is 14.8 Å². The van der Waals surface area contributed by atoms with Crippen molar-refractivity contribution in [3.63, 3.8) is 0 Å². The van der Waals surface area contributed by atoms with Gasteiger partial charge in [0.1, 0.15) is 11.6 Å². The van der Waals surface area contributed by atoms with Crippen molar-refractivity contribution in [1.82, 2.24) is 4.31 Å². The monoisotopic (exact) mass is 414 g/mol. The molecule has 0 saturated carbocycles. The Labute approximate surface area is 161 Å². The minimum Gasteiger partial charge on any atom is -0.326 e. The third kappa shape index (κ3) is 4.45. The van der Waals surface area contributed by atoms with E-state index in [2.05, 4.69) is 5.32 Å². The van der Waals surface area contributed by atoms with Gasteiger partial charge in [0.25, 0.3) is 0 Å². The molecule has 2 aromatic rings. The fraction of sp³-hybridized carbons (Fsp3) is 0.278. The molecule has 1 aliphatic heterocycles. The molecule has 0 aromatic heterocycles. The Morgan fingerprint density at radius 2 is 1.70 bits per heavy atom. The van der Waals surface area contributed by atoms with E-state index in [1.165, 1.54) is 34.6 Å². The van der Waals surface area contributed by atoms with E-state index in [1.54, 1.807) is 0 Å². The van der Waals surface area contributed by atoms with E-state index < -0.39 is 21.7 Å². The average Bonchev–Trinajstić information content (AvgIpc) is 2.66. The largest absolute Gasteiger partial charge is 0.326 e. The maximum atomic E-state index is 13.3. The topological polar surface area (TPSA) is 66.5 Å². The Morgan fingerprint density at radius 3 is 2.30 bits per heavy atom. The number of amides is 1. The summed E-state index contributed by atoms with van der Waals surface area (Å²) in [6.07, 6.45) is 0.697. The van der Waals surface area contributed by atoms with Crippen LogP contribution >= 0.6 is 11.6 Å². The number of nitrogens with zero attached hydrogens (tertiary/aromatic N) is 1. The number of carbonyl (C=O) groups excluding carboxylic acids is 1. The molecule has 27 heavy (non-hydrogen) atoms. The van der Waals surface area contributed by atoms with Crippen LogP contribution in [-0.4, -0.2) is 31.7 Å². The van der Waals surface area contributed by atoms with Crippen LogP contribution < -0.4 is 5.32 Å². The summed E-state index contributed by atoms with van der Waals surface area (Å²) in [4.78, 5) is 12.2. The van der Waals surface area contributed by atoms with Gasteiger partial charge in [0.2, 0.25) is 15.9 Å². The molecule has 0 unspecified atom stereocenters. The normalized spacial score (nSPS) is 16.3. The van der Waals surface area contributed by atoms with Gasteiger partial charge in [0.05, 0.1) is 9.92 Å². The first-order valence-corrected chi connectivity index (χ1v) is 10.1. The van der Waals surface area contributed by atoms with Gasteiger partial charge in [-0.25, -0.2) is 17.2 Å².